The van der Waals surface area contributed by atoms with E-state index in [1.807, 2.05) is 88.0 Å². The molecule has 20 rings (SSSR count). The van der Waals surface area contributed by atoms with E-state index in [1.165, 1.54) is 86.9 Å². The van der Waals surface area contributed by atoms with Gasteiger partial charge in [-0.1, -0.05) is 24.2 Å². The van der Waals surface area contributed by atoms with Gasteiger partial charge >= 0.3 is 0 Å². The summed E-state index contributed by atoms with van der Waals surface area (Å²) in [6.07, 6.45) is 10.5. The summed E-state index contributed by atoms with van der Waals surface area (Å²) < 4.78 is 225. The standard InChI is InChI=1S/2C29H26N6O.2C28H25N7O/c2*1-19-9-12-35(18-19)25-14-20(2)13-24(16-25)32-28(36)22-7-6-21(3)27(15-22)34-29-31-11-8-26(33-29)23-5-4-10-30-17-23;2*1-18-11-23(14-24(12-18)35-16-20(3)31-17-35)32-27(36)21-7-6-19(2)26(13-21)34-28-30-10-8-25(33-28)22-5-4-9-29-15-22/h2*4-18H,1-3H3,(H,32,36)(H,31,33,34);2*4-17H,1-3H3,(H,32,36)(H,30,33,34)/i3D3,4D,5D,10D,12D,17D,18D;6D,7D,15D;2D3,4D,5D,9D,15D,16D,17D;4D,5D,9D,15D,16D,17D. The molecule has 0 radical (unpaired) electrons. The molecule has 30 nitrogen and oxygen atoms in total. The minimum Gasteiger partial charge on any atom is -0.324 e. The molecule has 0 aliphatic heterocycles. The highest BCUT2D eigenvalue weighted by atomic mass is 16.2. The zero-order chi connectivity index (χ0) is 124. The summed E-state index contributed by atoms with van der Waals surface area (Å²) in [5, 5.41) is 23.0. The molecule has 8 aromatic carbocycles. The second-order valence-corrected chi connectivity index (χ2v) is 32.5. The van der Waals surface area contributed by atoms with Gasteiger partial charge in [0.25, 0.3) is 23.6 Å². The quantitative estimate of drug-likeness (QED) is 0.0278. The van der Waals surface area contributed by atoms with E-state index in [4.69, 9.17) is 37.0 Å². The average molecular weight is 1930 g/mol. The largest absolute Gasteiger partial charge is 0.324 e. The van der Waals surface area contributed by atoms with Crippen molar-refractivity contribution in [3.05, 3.63) is 443 Å². The van der Waals surface area contributed by atoms with Crippen molar-refractivity contribution >= 4 is 92.9 Å². The Labute approximate surface area is 870 Å². The number of aromatic nitrogens is 18. The maximum Gasteiger partial charge on any atom is 0.255 e. The summed E-state index contributed by atoms with van der Waals surface area (Å²) in [4.78, 5) is 111. The number of benzene rings is 8. The predicted molar refractivity (Wildman–Crippen MR) is 567 cm³/mol. The van der Waals surface area contributed by atoms with Gasteiger partial charge in [0.2, 0.25) is 23.8 Å². The van der Waals surface area contributed by atoms with Gasteiger partial charge in [0, 0.05) is 232 Å². The number of rotatable bonds is 24. The number of hydrogen-bond donors (Lipinski definition) is 8. The van der Waals surface area contributed by atoms with Gasteiger partial charge in [-0.3, -0.25) is 39.1 Å². The smallest absolute Gasteiger partial charge is 0.255 e. The minimum absolute atomic E-state index is 0.00863. The highest BCUT2D eigenvalue weighted by Gasteiger charge is 2.20. The number of amides is 4. The summed E-state index contributed by atoms with van der Waals surface area (Å²) in [5.41, 5.74) is 13.7. The maximum absolute atomic E-state index is 13.4. The van der Waals surface area contributed by atoms with Crippen LogP contribution >= 0.6 is 0 Å². The summed E-state index contributed by atoms with van der Waals surface area (Å²) >= 11 is 0. The number of nitrogens with one attached hydrogen (secondary N) is 8. The Hall–Kier alpha value is -19.3. The monoisotopic (exact) mass is 1930 g/mol. The van der Waals surface area contributed by atoms with Crippen LogP contribution in [0.3, 0.4) is 0 Å². The Morgan fingerprint density at radius 2 is 0.708 bits per heavy atom. The number of pyridine rings is 4. The first-order valence-electron chi connectivity index (χ1n) is 57.6. The van der Waals surface area contributed by atoms with Crippen LogP contribution in [0.4, 0.5) is 69.3 Å². The number of nitrogens with zero attached hydrogens (tertiary/aromatic N) is 18. The normalized spacial score (nSPS) is 13.6. The van der Waals surface area contributed by atoms with Crippen molar-refractivity contribution in [1.29, 1.82) is 0 Å². The maximum atomic E-state index is 13.4. The Morgan fingerprint density at radius 3 is 1.08 bits per heavy atom. The van der Waals surface area contributed by atoms with E-state index in [1.54, 1.807) is 138 Å². The van der Waals surface area contributed by atoms with E-state index >= 15 is 0 Å². The Bertz CT molecular complexity index is 9420. The number of aryl methyl sites for hydroxylation is 11. The van der Waals surface area contributed by atoms with Crippen LogP contribution in [-0.4, -0.2) is 112 Å². The van der Waals surface area contributed by atoms with Crippen LogP contribution in [0.5, 0.6) is 0 Å². The van der Waals surface area contributed by atoms with E-state index in [-0.39, 0.29) is 176 Å². The van der Waals surface area contributed by atoms with Crippen LogP contribution < -0.4 is 42.5 Å². The molecule has 12 aromatic heterocycles. The second kappa shape index (κ2) is 44.5. The van der Waals surface area contributed by atoms with Crippen LogP contribution in [0.25, 0.3) is 67.8 Å². The third-order valence-electron chi connectivity index (χ3n) is 21.1. The topological polar surface area (TPSA) is 365 Å². The predicted octanol–water partition coefficient (Wildman–Crippen LogP) is 23.8. The van der Waals surface area contributed by atoms with Gasteiger partial charge in [-0.25, -0.2) is 49.8 Å². The molecular formula is C114H102N26O4. The second-order valence-electron chi connectivity index (χ2n) is 32.5. The molecule has 0 saturated carbocycles. The summed E-state index contributed by atoms with van der Waals surface area (Å²) in [6.45, 7) is 12.8. The number of anilines is 12. The van der Waals surface area contributed by atoms with Crippen LogP contribution in [0, 0.1) is 82.9 Å². The van der Waals surface area contributed by atoms with Crippen molar-refractivity contribution in [2.45, 2.75) is 82.9 Å². The summed E-state index contributed by atoms with van der Waals surface area (Å²) in [6, 6.07) is 44.3. The highest BCUT2D eigenvalue weighted by molar-refractivity contribution is 6.08. The SMILES string of the molecule is [2H]c1c([2H])c(C(=O)Nc2cc(C)cc(-n3ccc(C)c3)c2)c([2H])c(Nc2nccc(-c3cccnc3)n2)c1C.[2H]c1nc([2H])c(-c2ccnc(Nc3cc(C(=O)Nc4cc(C)cc(-n5c([2H])cc(C)c5[2H])c4)ccc3C([2H])([2H])[2H])n2)c([2H])c1[2H].[2H]c1nc([2H])c(-c2ccnc(Nc3cc(C(=O)Nc4cc(C)cc(-n5c([2H])nc(C)c5[2H])c4)ccc3C([2H])([2H])[2H])n2)c([2H])c1[2H].[2H]c1nc([2H])c(-c2ccnc(Nc3cc(C(=O)Nc4cc(C)cc(-n5c([2H])nc(C)c5[2H])c4)ccc3C)n2)c([2H])c1[2H]. The molecule has 0 aliphatic carbocycles. The van der Waals surface area contributed by atoms with Gasteiger partial charge < -0.3 is 60.8 Å². The van der Waals surface area contributed by atoms with Gasteiger partial charge in [0.05, 0.1) is 72.8 Å². The lowest BCUT2D eigenvalue weighted by Gasteiger charge is -2.13. The molecule has 30 heteroatoms. The molecule has 4 amide bonds. The van der Waals surface area contributed by atoms with Gasteiger partial charge in [-0.05, 0) is 345 Å². The summed E-state index contributed by atoms with van der Waals surface area (Å²) in [5.74, 6) is -2.01. The molecule has 12 heterocycles. The first-order chi connectivity index (χ1) is 80.9. The number of carbonyl (C=O) groups is 4. The van der Waals surface area contributed by atoms with Crippen molar-refractivity contribution in [3.8, 4) is 67.8 Å². The van der Waals surface area contributed by atoms with E-state index in [0.29, 0.717) is 79.3 Å². The van der Waals surface area contributed by atoms with Gasteiger partial charge in [-0.2, -0.15) is 0 Å². The highest BCUT2D eigenvalue weighted by Crippen LogP contribution is 2.33. The zero-order valence-electron chi connectivity index (χ0n) is 106. The molecule has 712 valence electrons. The molecule has 0 spiro atoms. The zero-order valence-corrected chi connectivity index (χ0v) is 78.5. The molecule has 8 N–H and O–H groups in total. The average Bonchev–Trinajstić information content (AvgIpc) is 1.42. The fraction of sp³-hybridized carbons (Fsp3) is 0.105. The fourth-order valence-electron chi connectivity index (χ4n) is 14.3. The van der Waals surface area contributed by atoms with Crippen LogP contribution in [0.1, 0.15) is 145 Å². The van der Waals surface area contributed by atoms with Crippen molar-refractivity contribution in [3.63, 3.8) is 0 Å². The Kier molecular flexibility index (Phi) is 21.0. The van der Waals surface area contributed by atoms with E-state index < -0.39 is 92.5 Å². The lowest BCUT2D eigenvalue weighted by molar-refractivity contribution is 0.101. The molecule has 0 unspecified atom stereocenters. The van der Waals surface area contributed by atoms with E-state index in [9.17, 15) is 19.2 Å². The number of imidazole rings is 2. The molecule has 20 aromatic rings. The molecule has 0 fully saturated rings. The number of carbonyl (C=O) groups excluding carboxylic acids is 4. The molecule has 0 atom stereocenters. The van der Waals surface area contributed by atoms with E-state index in [0.717, 1.165) is 44.6 Å². The van der Waals surface area contributed by atoms with Crippen molar-refractivity contribution in [1.82, 2.24) is 88.0 Å². The van der Waals surface area contributed by atoms with Crippen LogP contribution in [-0.2, 0) is 0 Å². The van der Waals surface area contributed by atoms with Gasteiger partial charge in [0.15, 0.2) is 0 Å². The third kappa shape index (κ3) is 25.2. The van der Waals surface area contributed by atoms with Gasteiger partial charge in [-0.15, -0.1) is 0 Å². The molecule has 144 heavy (non-hydrogen) atoms. The van der Waals surface area contributed by atoms with Crippen LogP contribution in [0.2, 0.25) is 0 Å². The minimum atomic E-state index is -2.58. The van der Waals surface area contributed by atoms with Crippen LogP contribution in [0.15, 0.2) is 354 Å². The van der Waals surface area contributed by atoms with Crippen molar-refractivity contribution in [2.24, 2.45) is 0 Å². The molecule has 0 aliphatic rings. The fourth-order valence-corrected chi connectivity index (χ4v) is 14.3. The first kappa shape index (κ1) is 67.9. The molecular weight excluding hydrogens is 1800 g/mol. The molecule has 0 bridgehead atoms. The van der Waals surface area contributed by atoms with Crippen molar-refractivity contribution < 1.29 is 56.2 Å². The van der Waals surface area contributed by atoms with Crippen molar-refractivity contribution in [2.75, 3.05) is 42.5 Å². The lowest BCUT2D eigenvalue weighted by atomic mass is 10.1. The molecule has 0 saturated heterocycles. The first-order valence-corrected chi connectivity index (χ1v) is 44.1. The Morgan fingerprint density at radius 1 is 0.319 bits per heavy atom. The Balaban J connectivity index is 0.000000152. The lowest BCUT2D eigenvalue weighted by Crippen LogP contribution is -2.13. The van der Waals surface area contributed by atoms with Gasteiger partial charge in [0.1, 0.15) is 2.74 Å². The number of hydrogen-bond acceptors (Lipinski definition) is 22. The van der Waals surface area contributed by atoms with E-state index in [2.05, 4.69) is 112 Å². The summed E-state index contributed by atoms with van der Waals surface area (Å²) in [7, 11) is 0. The third-order valence-corrected chi connectivity index (χ3v) is 21.1.